The summed E-state index contributed by atoms with van der Waals surface area (Å²) in [5.74, 6) is 10.7. The van der Waals surface area contributed by atoms with E-state index in [1.54, 1.807) is 0 Å². The molecule has 0 aliphatic rings. The van der Waals surface area contributed by atoms with Crippen LogP contribution in [0.25, 0.3) is 0 Å². The van der Waals surface area contributed by atoms with Gasteiger partial charge in [0, 0.05) is 0 Å². The van der Waals surface area contributed by atoms with Gasteiger partial charge in [0.2, 0.25) is 0 Å². The first kappa shape index (κ1) is 12.0. The quantitative estimate of drug-likeness (QED) is 0.543. The van der Waals surface area contributed by atoms with Crippen molar-refractivity contribution in [3.05, 3.63) is 0 Å². The van der Waals surface area contributed by atoms with Crippen molar-refractivity contribution in [2.75, 3.05) is 0 Å². The second-order valence-corrected chi connectivity index (χ2v) is 15.6. The van der Waals surface area contributed by atoms with E-state index in [2.05, 4.69) is 23.7 Å². The van der Waals surface area contributed by atoms with Crippen LogP contribution < -0.4 is 0 Å². The fourth-order valence-electron chi connectivity index (χ4n) is 1.24. The van der Waals surface area contributed by atoms with Crippen LogP contribution in [-0.4, -0.2) is 18.4 Å². The summed E-state index contributed by atoms with van der Waals surface area (Å²) in [7, 11) is 0. The van der Waals surface area contributed by atoms with Gasteiger partial charge < -0.3 is 0 Å². The molecule has 0 aliphatic heterocycles. The molecule has 0 unspecified atom stereocenters. The fourth-order valence-corrected chi connectivity index (χ4v) is 8.33. The fraction of sp³-hybridized carbons (Fsp3) is 0.333. The van der Waals surface area contributed by atoms with Gasteiger partial charge in [-0.25, -0.2) is 0 Å². The van der Waals surface area contributed by atoms with Gasteiger partial charge in [0.05, 0.1) is 0 Å². The molecule has 0 atom stereocenters. The number of terminal acetylenes is 4. The van der Waals surface area contributed by atoms with Crippen LogP contribution in [0, 0.1) is 49.4 Å². The number of hydrogen-bond donors (Lipinski definition) is 0. The van der Waals surface area contributed by atoms with E-state index in [0.29, 0.717) is 0 Å². The molecular weight excluding hydrogens is 263 g/mol. The molecule has 0 aliphatic carbocycles. The van der Waals surface area contributed by atoms with Gasteiger partial charge in [-0.05, 0) is 0 Å². The Balaban J connectivity index is 4.66. The van der Waals surface area contributed by atoms with Gasteiger partial charge in [-0.2, -0.15) is 0 Å². The van der Waals surface area contributed by atoms with Gasteiger partial charge in [0.15, 0.2) is 0 Å². The van der Waals surface area contributed by atoms with E-state index in [4.69, 9.17) is 25.7 Å². The summed E-state index contributed by atoms with van der Waals surface area (Å²) in [5.41, 5.74) is 0. The molecule has 0 amide bonds. The second-order valence-electron chi connectivity index (χ2n) is 3.02. The van der Waals surface area contributed by atoms with E-state index >= 15 is 0 Å². The summed E-state index contributed by atoms with van der Waals surface area (Å²) < 4.78 is 3.03. The molecule has 13 heavy (non-hydrogen) atoms. The first-order valence-corrected chi connectivity index (χ1v) is 12.1. The summed E-state index contributed by atoms with van der Waals surface area (Å²) in [6.45, 7) is 0. The molecule has 0 aromatic rings. The molecular formula is C12H12Sn. The molecule has 0 N–H and O–H groups in total. The van der Waals surface area contributed by atoms with Crippen molar-refractivity contribution in [3.63, 3.8) is 0 Å². The van der Waals surface area contributed by atoms with Gasteiger partial charge in [-0.15, -0.1) is 0 Å². The first-order valence-electron chi connectivity index (χ1n) is 3.98. The van der Waals surface area contributed by atoms with Gasteiger partial charge in [-0.1, -0.05) is 0 Å². The molecule has 0 radical (unpaired) electrons. The Morgan fingerprint density at radius 2 is 0.846 bits per heavy atom. The van der Waals surface area contributed by atoms with E-state index in [9.17, 15) is 0 Å². The van der Waals surface area contributed by atoms with Crippen LogP contribution in [0.1, 0.15) is 0 Å². The Bertz CT molecular complexity index is 241. The zero-order valence-corrected chi connectivity index (χ0v) is 10.5. The van der Waals surface area contributed by atoms with Crippen molar-refractivity contribution in [2.45, 2.75) is 17.7 Å². The normalized spacial score (nSPS) is 8.92. The van der Waals surface area contributed by atoms with Crippen LogP contribution in [0.5, 0.6) is 0 Å². The Morgan fingerprint density at radius 3 is 1.00 bits per heavy atom. The van der Waals surface area contributed by atoms with E-state index in [1.165, 1.54) is 0 Å². The minimum absolute atomic E-state index is 0.757. The molecule has 1 heteroatoms. The third kappa shape index (κ3) is 3.99. The van der Waals surface area contributed by atoms with E-state index in [0.717, 1.165) is 17.7 Å². The summed E-state index contributed by atoms with van der Waals surface area (Å²) >= 11 is -2.51. The van der Waals surface area contributed by atoms with Crippen molar-refractivity contribution >= 4 is 18.4 Å². The second kappa shape index (κ2) is 6.54. The number of rotatable bonds is 4. The molecule has 0 saturated carbocycles. The van der Waals surface area contributed by atoms with Crippen LogP contribution >= 0.6 is 0 Å². The monoisotopic (exact) mass is 276 g/mol. The van der Waals surface area contributed by atoms with Gasteiger partial charge >= 0.3 is 85.5 Å². The SMILES string of the molecule is C#C[CH2][Sn]([CH2]C#C)([CH2]C#C)[CH2]C#C. The minimum atomic E-state index is -2.51. The summed E-state index contributed by atoms with van der Waals surface area (Å²) in [4.78, 5) is 0. The Hall–Kier alpha value is -0.961. The zero-order valence-electron chi connectivity index (χ0n) is 7.64. The maximum atomic E-state index is 5.30. The van der Waals surface area contributed by atoms with Gasteiger partial charge in [-0.3, -0.25) is 0 Å². The maximum absolute atomic E-state index is 5.30. The third-order valence-corrected chi connectivity index (χ3v) is 12.8. The van der Waals surface area contributed by atoms with Gasteiger partial charge in [0.25, 0.3) is 0 Å². The van der Waals surface area contributed by atoms with Crippen LogP contribution in [0.3, 0.4) is 0 Å². The van der Waals surface area contributed by atoms with Crippen molar-refractivity contribution in [2.24, 2.45) is 0 Å². The van der Waals surface area contributed by atoms with Gasteiger partial charge in [0.1, 0.15) is 0 Å². The van der Waals surface area contributed by atoms with Crippen molar-refractivity contribution in [1.29, 1.82) is 0 Å². The summed E-state index contributed by atoms with van der Waals surface area (Å²) in [6.07, 6.45) is 21.2. The Morgan fingerprint density at radius 1 is 0.615 bits per heavy atom. The standard InChI is InChI=1S/4C3H3.Sn/c4*1-3-2;/h4*1H,2H2;. The van der Waals surface area contributed by atoms with Crippen LogP contribution in [0.2, 0.25) is 17.7 Å². The molecule has 0 bridgehead atoms. The number of hydrogen-bond acceptors (Lipinski definition) is 0. The average molecular weight is 275 g/mol. The molecule has 0 aromatic carbocycles. The molecule has 0 spiro atoms. The Labute approximate surface area is 85.4 Å². The summed E-state index contributed by atoms with van der Waals surface area (Å²) in [6, 6.07) is 0. The molecule has 0 fully saturated rings. The average Bonchev–Trinajstić information content (AvgIpc) is 2.06. The molecule has 0 saturated heterocycles. The van der Waals surface area contributed by atoms with Crippen molar-refractivity contribution in [3.8, 4) is 49.4 Å². The van der Waals surface area contributed by atoms with Crippen LogP contribution in [0.4, 0.5) is 0 Å². The predicted molar refractivity (Wildman–Crippen MR) is 60.3 cm³/mol. The Kier molecular flexibility index (Phi) is 6.06. The molecule has 0 nitrogen and oxygen atoms in total. The van der Waals surface area contributed by atoms with Crippen LogP contribution in [0.15, 0.2) is 0 Å². The molecule has 0 aromatic heterocycles. The third-order valence-electron chi connectivity index (χ3n) is 1.91. The van der Waals surface area contributed by atoms with E-state index < -0.39 is 18.4 Å². The topological polar surface area (TPSA) is 0 Å². The zero-order chi connectivity index (χ0) is 10.2. The predicted octanol–water partition coefficient (Wildman–Crippen LogP) is 1.97. The van der Waals surface area contributed by atoms with E-state index in [1.807, 2.05) is 0 Å². The van der Waals surface area contributed by atoms with Crippen molar-refractivity contribution < 1.29 is 0 Å². The molecule has 64 valence electrons. The molecule has 0 heterocycles. The van der Waals surface area contributed by atoms with Crippen molar-refractivity contribution in [1.82, 2.24) is 0 Å². The summed E-state index contributed by atoms with van der Waals surface area (Å²) in [5, 5.41) is 0. The van der Waals surface area contributed by atoms with Crippen LogP contribution in [-0.2, 0) is 0 Å². The molecule has 0 rings (SSSR count). The first-order chi connectivity index (χ1) is 6.24. The van der Waals surface area contributed by atoms with E-state index in [-0.39, 0.29) is 0 Å².